The molecule has 0 amide bonds. The van der Waals surface area contributed by atoms with Gasteiger partial charge in [-0.2, -0.15) is 5.26 Å². The van der Waals surface area contributed by atoms with E-state index in [9.17, 15) is 5.26 Å². The number of anilines is 3. The van der Waals surface area contributed by atoms with E-state index < -0.39 is 0 Å². The lowest BCUT2D eigenvalue weighted by Gasteiger charge is -2.42. The summed E-state index contributed by atoms with van der Waals surface area (Å²) < 4.78 is 5.62. The molecule has 6 rings (SSSR count). The number of ether oxygens (including phenoxy) is 1. The van der Waals surface area contributed by atoms with Gasteiger partial charge in [-0.05, 0) is 25.7 Å². The number of hydrogen-bond acceptors (Lipinski definition) is 8. The lowest BCUT2D eigenvalue weighted by molar-refractivity contribution is 0.120. The standard InChI is InChI=1S/C20H23N7O/c21-8-15-16(18-17(26-19(15)22)12-3-5-27(18)6-4-12)13-9-23-20(24-10-13)25-11-14-2-1-7-28-14/h9-10,12,14H,1-7,11H2,(H2,22,26)(H,23,24,25). The van der Waals surface area contributed by atoms with E-state index in [2.05, 4.69) is 31.2 Å². The molecule has 28 heavy (non-hydrogen) atoms. The minimum atomic E-state index is 0.226. The van der Waals surface area contributed by atoms with Gasteiger partial charge in [-0.25, -0.2) is 15.0 Å². The van der Waals surface area contributed by atoms with Crippen molar-refractivity contribution in [1.29, 1.82) is 5.26 Å². The maximum absolute atomic E-state index is 9.74. The summed E-state index contributed by atoms with van der Waals surface area (Å²) in [6.07, 6.45) is 8.11. The van der Waals surface area contributed by atoms with Crippen molar-refractivity contribution < 1.29 is 4.74 Å². The Labute approximate surface area is 163 Å². The van der Waals surface area contributed by atoms with Gasteiger partial charge >= 0.3 is 0 Å². The van der Waals surface area contributed by atoms with Crippen LogP contribution in [0.15, 0.2) is 12.4 Å². The summed E-state index contributed by atoms with van der Waals surface area (Å²) in [7, 11) is 0. The van der Waals surface area contributed by atoms with Gasteiger partial charge in [0.25, 0.3) is 0 Å². The van der Waals surface area contributed by atoms with Crippen molar-refractivity contribution in [2.75, 3.05) is 42.2 Å². The highest BCUT2D eigenvalue weighted by Crippen LogP contribution is 2.48. The lowest BCUT2D eigenvalue weighted by atomic mass is 9.83. The Morgan fingerprint density at radius 3 is 2.71 bits per heavy atom. The third kappa shape index (κ3) is 2.83. The van der Waals surface area contributed by atoms with Crippen molar-refractivity contribution >= 4 is 17.5 Å². The van der Waals surface area contributed by atoms with Gasteiger partial charge in [-0.3, -0.25) is 0 Å². The van der Waals surface area contributed by atoms with Crippen molar-refractivity contribution in [3.05, 3.63) is 23.7 Å². The number of nitrogens with one attached hydrogen (secondary N) is 1. The molecule has 0 radical (unpaired) electrons. The van der Waals surface area contributed by atoms with Gasteiger partial charge in [0.05, 0.1) is 17.5 Å². The van der Waals surface area contributed by atoms with Gasteiger partial charge in [0.2, 0.25) is 5.95 Å². The second kappa shape index (κ2) is 6.91. The van der Waals surface area contributed by atoms with E-state index in [4.69, 9.17) is 10.5 Å². The van der Waals surface area contributed by atoms with E-state index in [1.165, 1.54) is 0 Å². The second-order valence-corrected chi connectivity index (χ2v) is 7.67. The third-order valence-corrected chi connectivity index (χ3v) is 5.99. The first-order valence-corrected chi connectivity index (χ1v) is 9.91. The molecule has 2 fully saturated rings. The molecule has 3 N–H and O–H groups in total. The average Bonchev–Trinajstić information content (AvgIpc) is 3.26. The Balaban J connectivity index is 1.49. The fourth-order valence-corrected chi connectivity index (χ4v) is 4.55. The highest BCUT2D eigenvalue weighted by Gasteiger charge is 2.36. The highest BCUT2D eigenvalue weighted by molar-refractivity contribution is 5.88. The maximum atomic E-state index is 9.74. The molecule has 144 valence electrons. The van der Waals surface area contributed by atoms with E-state index in [-0.39, 0.29) is 6.10 Å². The summed E-state index contributed by atoms with van der Waals surface area (Å²) in [6.45, 7) is 3.51. The van der Waals surface area contributed by atoms with Crippen molar-refractivity contribution in [2.45, 2.75) is 37.7 Å². The predicted octanol–water partition coefficient (Wildman–Crippen LogP) is 2.28. The van der Waals surface area contributed by atoms with Crippen molar-refractivity contribution in [2.24, 2.45) is 0 Å². The van der Waals surface area contributed by atoms with Gasteiger partial charge in [-0.15, -0.1) is 0 Å². The first-order valence-electron chi connectivity index (χ1n) is 9.91. The number of nitriles is 1. The molecule has 4 aliphatic heterocycles. The number of nitrogens with zero attached hydrogens (tertiary/aromatic N) is 5. The van der Waals surface area contributed by atoms with E-state index in [0.29, 0.717) is 29.8 Å². The third-order valence-electron chi connectivity index (χ3n) is 5.99. The fourth-order valence-electron chi connectivity index (χ4n) is 4.55. The lowest BCUT2D eigenvalue weighted by Crippen LogP contribution is -2.40. The average molecular weight is 377 g/mol. The summed E-state index contributed by atoms with van der Waals surface area (Å²) >= 11 is 0. The maximum Gasteiger partial charge on any atom is 0.222 e. The number of hydrogen-bond donors (Lipinski definition) is 2. The highest BCUT2D eigenvalue weighted by atomic mass is 16.5. The minimum Gasteiger partial charge on any atom is -0.383 e. The Morgan fingerprint density at radius 1 is 1.25 bits per heavy atom. The van der Waals surface area contributed by atoms with Gasteiger partial charge in [0.15, 0.2) is 0 Å². The molecule has 2 aromatic heterocycles. The molecule has 4 aliphatic rings. The monoisotopic (exact) mass is 377 g/mol. The Morgan fingerprint density at radius 2 is 2.04 bits per heavy atom. The van der Waals surface area contributed by atoms with Crippen LogP contribution in [0.5, 0.6) is 0 Å². The van der Waals surface area contributed by atoms with Gasteiger partial charge in [0, 0.05) is 55.7 Å². The number of aromatic nitrogens is 3. The van der Waals surface area contributed by atoms with Crippen LogP contribution in [0.1, 0.15) is 42.9 Å². The molecule has 0 aliphatic carbocycles. The van der Waals surface area contributed by atoms with Crippen LogP contribution in [0.3, 0.4) is 0 Å². The molecular weight excluding hydrogens is 354 g/mol. The van der Waals surface area contributed by atoms with Crippen LogP contribution < -0.4 is 16.0 Å². The van der Waals surface area contributed by atoms with Crippen molar-refractivity contribution in [3.63, 3.8) is 0 Å². The minimum absolute atomic E-state index is 0.226. The van der Waals surface area contributed by atoms with Crippen molar-refractivity contribution in [1.82, 2.24) is 15.0 Å². The number of rotatable bonds is 4. The molecule has 2 bridgehead atoms. The number of fused-ring (bicyclic) bond motifs is 2. The molecule has 1 unspecified atom stereocenters. The summed E-state index contributed by atoms with van der Waals surface area (Å²) in [5.74, 6) is 1.28. The number of piperidine rings is 1. The predicted molar refractivity (Wildman–Crippen MR) is 106 cm³/mol. The quantitative estimate of drug-likeness (QED) is 0.834. The topological polar surface area (TPSA) is 113 Å². The Kier molecular flexibility index (Phi) is 4.24. The van der Waals surface area contributed by atoms with Crippen LogP contribution in [0.2, 0.25) is 0 Å². The molecule has 0 spiro atoms. The fraction of sp³-hybridized carbons (Fsp3) is 0.500. The van der Waals surface area contributed by atoms with E-state index in [1.807, 2.05) is 0 Å². The Bertz CT molecular complexity index is 923. The smallest absolute Gasteiger partial charge is 0.222 e. The van der Waals surface area contributed by atoms with E-state index in [0.717, 1.165) is 67.9 Å². The van der Waals surface area contributed by atoms with Crippen molar-refractivity contribution in [3.8, 4) is 17.2 Å². The number of nitrogen functional groups attached to an aromatic ring is 1. The van der Waals surface area contributed by atoms with Crippen LogP contribution in [0.4, 0.5) is 17.5 Å². The molecule has 1 atom stereocenters. The molecule has 2 aromatic rings. The zero-order chi connectivity index (χ0) is 19.1. The summed E-state index contributed by atoms with van der Waals surface area (Å²) in [6, 6.07) is 2.25. The molecule has 8 heteroatoms. The number of pyridine rings is 1. The first kappa shape index (κ1) is 17.2. The second-order valence-electron chi connectivity index (χ2n) is 7.67. The van der Waals surface area contributed by atoms with Crippen LogP contribution in [-0.4, -0.2) is 47.3 Å². The van der Waals surface area contributed by atoms with Crippen LogP contribution in [0.25, 0.3) is 11.1 Å². The normalized spacial score (nSPS) is 20.8. The Hall–Kier alpha value is -2.92. The summed E-state index contributed by atoms with van der Waals surface area (Å²) in [4.78, 5) is 15.8. The van der Waals surface area contributed by atoms with Crippen LogP contribution >= 0.6 is 0 Å². The molecule has 0 aromatic carbocycles. The summed E-state index contributed by atoms with van der Waals surface area (Å²) in [5, 5.41) is 13.0. The molecule has 2 saturated heterocycles. The van der Waals surface area contributed by atoms with Gasteiger partial charge in [0.1, 0.15) is 17.5 Å². The SMILES string of the molecule is N#Cc1c(N)nc2c(c1-c1cnc(NCC3CCCO3)nc1)N1CCC2CC1. The zero-order valence-corrected chi connectivity index (χ0v) is 15.7. The largest absolute Gasteiger partial charge is 0.383 e. The molecule has 6 heterocycles. The number of nitrogens with two attached hydrogens (primary N) is 1. The van der Waals surface area contributed by atoms with E-state index in [1.54, 1.807) is 12.4 Å². The van der Waals surface area contributed by atoms with Crippen LogP contribution in [0, 0.1) is 11.3 Å². The zero-order valence-electron chi connectivity index (χ0n) is 15.7. The van der Waals surface area contributed by atoms with Gasteiger partial charge < -0.3 is 20.7 Å². The molecule has 0 saturated carbocycles. The molecule has 8 nitrogen and oxygen atoms in total. The summed E-state index contributed by atoms with van der Waals surface area (Å²) in [5.41, 5.74) is 10.2. The molecular formula is C20H23N7O. The van der Waals surface area contributed by atoms with E-state index >= 15 is 0 Å². The first-order chi connectivity index (χ1) is 13.7. The van der Waals surface area contributed by atoms with Crippen LogP contribution in [-0.2, 0) is 4.74 Å². The van der Waals surface area contributed by atoms with Gasteiger partial charge in [-0.1, -0.05) is 0 Å².